The van der Waals surface area contributed by atoms with Gasteiger partial charge in [-0.2, -0.15) is 0 Å². The smallest absolute Gasteiger partial charge is 0.371 e. The van der Waals surface area contributed by atoms with Crippen molar-refractivity contribution in [3.8, 4) is 0 Å². The minimum atomic E-state index is -3.83. The van der Waals surface area contributed by atoms with E-state index in [0.717, 1.165) is 17.2 Å². The molecule has 0 aliphatic heterocycles. The summed E-state index contributed by atoms with van der Waals surface area (Å²) in [4.78, 5) is 10.6. The number of carboxylic acids is 1. The molecule has 2 rings (SSSR count). The molecule has 2 aromatic rings. The van der Waals surface area contributed by atoms with Gasteiger partial charge in [0.15, 0.2) is 0 Å². The van der Waals surface area contributed by atoms with Gasteiger partial charge in [0.05, 0.1) is 0 Å². The number of carbonyl (C=O) groups is 1. The Hall–Kier alpha value is -2.12. The molecule has 0 saturated carbocycles. The summed E-state index contributed by atoms with van der Waals surface area (Å²) in [5, 5.41) is 8.82. The number of sulfonamides is 1. The quantitative estimate of drug-likeness (QED) is 0.881. The fourth-order valence-electron chi connectivity index (χ4n) is 1.90. The van der Waals surface area contributed by atoms with E-state index in [4.69, 9.17) is 9.52 Å². The Kier molecular flexibility index (Phi) is 4.15. The largest absolute Gasteiger partial charge is 0.475 e. The zero-order valence-electron chi connectivity index (χ0n) is 11.6. The molecule has 0 bridgehead atoms. The van der Waals surface area contributed by atoms with Crippen LogP contribution in [0.25, 0.3) is 0 Å². The van der Waals surface area contributed by atoms with Crippen molar-refractivity contribution in [2.75, 3.05) is 0 Å². The zero-order valence-corrected chi connectivity index (χ0v) is 12.4. The Labute approximate surface area is 122 Å². The van der Waals surface area contributed by atoms with Crippen molar-refractivity contribution in [3.63, 3.8) is 0 Å². The van der Waals surface area contributed by atoms with Crippen molar-refractivity contribution < 1.29 is 22.7 Å². The Morgan fingerprint density at radius 2 is 1.95 bits per heavy atom. The van der Waals surface area contributed by atoms with Crippen LogP contribution < -0.4 is 4.72 Å². The predicted molar refractivity (Wildman–Crippen MR) is 75.6 cm³/mol. The van der Waals surface area contributed by atoms with Crippen molar-refractivity contribution in [2.24, 2.45) is 0 Å². The lowest BCUT2D eigenvalue weighted by Gasteiger charge is -2.07. The molecule has 0 amide bonds. The van der Waals surface area contributed by atoms with E-state index in [0.29, 0.717) is 0 Å². The monoisotopic (exact) mass is 309 g/mol. The van der Waals surface area contributed by atoms with Gasteiger partial charge in [0.2, 0.25) is 15.8 Å². The predicted octanol–water partition coefficient (Wildman–Crippen LogP) is 2.07. The fraction of sp³-hybridized carbons (Fsp3) is 0.214. The summed E-state index contributed by atoms with van der Waals surface area (Å²) in [5.74, 6) is -1.66. The molecule has 1 heterocycles. The van der Waals surface area contributed by atoms with Crippen LogP contribution in [0.1, 0.15) is 27.4 Å². The molecule has 6 nitrogen and oxygen atoms in total. The van der Waals surface area contributed by atoms with Crippen LogP contribution in [-0.2, 0) is 16.6 Å². The third-order valence-corrected chi connectivity index (χ3v) is 4.60. The molecular weight excluding hydrogens is 294 g/mol. The molecule has 0 radical (unpaired) electrons. The Morgan fingerprint density at radius 3 is 2.52 bits per heavy atom. The second-order valence-corrected chi connectivity index (χ2v) is 6.32. The average molecular weight is 309 g/mol. The molecule has 0 spiro atoms. The van der Waals surface area contributed by atoms with E-state index >= 15 is 0 Å². The maximum atomic E-state index is 12.2. The third kappa shape index (κ3) is 3.32. The topological polar surface area (TPSA) is 96.6 Å². The van der Waals surface area contributed by atoms with Crippen LogP contribution in [0.2, 0.25) is 0 Å². The van der Waals surface area contributed by atoms with Crippen LogP contribution in [0.5, 0.6) is 0 Å². The number of furan rings is 1. The number of carboxylic acid groups (broad SMARTS) is 1. The first-order valence-electron chi connectivity index (χ1n) is 6.19. The van der Waals surface area contributed by atoms with E-state index in [1.807, 2.05) is 31.2 Å². The molecule has 2 N–H and O–H groups in total. The molecule has 0 aliphatic rings. The number of hydrogen-bond donors (Lipinski definition) is 2. The summed E-state index contributed by atoms with van der Waals surface area (Å²) in [6.45, 7) is 3.42. The SMILES string of the molecule is Cc1ccccc1CNS(=O)(=O)c1cc(C(=O)O)oc1C. The molecule has 21 heavy (non-hydrogen) atoms. The first-order chi connectivity index (χ1) is 9.81. The number of rotatable bonds is 5. The van der Waals surface area contributed by atoms with Gasteiger partial charge in [-0.25, -0.2) is 17.9 Å². The fourth-order valence-corrected chi connectivity index (χ4v) is 3.08. The van der Waals surface area contributed by atoms with Crippen LogP contribution in [0.4, 0.5) is 0 Å². The highest BCUT2D eigenvalue weighted by molar-refractivity contribution is 7.89. The first-order valence-corrected chi connectivity index (χ1v) is 7.67. The molecule has 7 heteroatoms. The van der Waals surface area contributed by atoms with Crippen molar-refractivity contribution in [1.82, 2.24) is 4.72 Å². The standard InChI is InChI=1S/C14H15NO5S/c1-9-5-3-4-6-11(9)8-15-21(18,19)13-7-12(14(16)17)20-10(13)2/h3-7,15H,8H2,1-2H3,(H,16,17). The number of nitrogens with one attached hydrogen (secondary N) is 1. The summed E-state index contributed by atoms with van der Waals surface area (Å²) < 4.78 is 31.8. The molecular formula is C14H15NO5S. The van der Waals surface area contributed by atoms with Gasteiger partial charge < -0.3 is 9.52 Å². The lowest BCUT2D eigenvalue weighted by molar-refractivity contribution is 0.0661. The van der Waals surface area contributed by atoms with E-state index in [-0.39, 0.29) is 17.2 Å². The maximum Gasteiger partial charge on any atom is 0.371 e. The lowest BCUT2D eigenvalue weighted by atomic mass is 10.1. The van der Waals surface area contributed by atoms with Crippen LogP contribution in [0.3, 0.4) is 0 Å². The van der Waals surface area contributed by atoms with Crippen molar-refractivity contribution in [1.29, 1.82) is 0 Å². The van der Waals surface area contributed by atoms with E-state index in [1.165, 1.54) is 6.92 Å². The van der Waals surface area contributed by atoms with Crippen LogP contribution in [0, 0.1) is 13.8 Å². The minimum absolute atomic E-state index is 0.0460. The Balaban J connectivity index is 2.23. The van der Waals surface area contributed by atoms with Gasteiger partial charge >= 0.3 is 5.97 Å². The molecule has 0 atom stereocenters. The average Bonchev–Trinajstić information content (AvgIpc) is 2.81. The van der Waals surface area contributed by atoms with Crippen LogP contribution in [-0.4, -0.2) is 19.5 Å². The maximum absolute atomic E-state index is 12.2. The van der Waals surface area contributed by atoms with E-state index in [1.54, 1.807) is 0 Å². The summed E-state index contributed by atoms with van der Waals surface area (Å²) in [5.41, 5.74) is 1.82. The number of hydrogen-bond acceptors (Lipinski definition) is 4. The van der Waals surface area contributed by atoms with E-state index in [2.05, 4.69) is 4.72 Å². The molecule has 1 aromatic heterocycles. The second-order valence-electron chi connectivity index (χ2n) is 4.59. The van der Waals surface area contributed by atoms with Gasteiger partial charge in [0.25, 0.3) is 0 Å². The van der Waals surface area contributed by atoms with Gasteiger partial charge in [-0.15, -0.1) is 0 Å². The lowest BCUT2D eigenvalue weighted by Crippen LogP contribution is -2.23. The minimum Gasteiger partial charge on any atom is -0.475 e. The highest BCUT2D eigenvalue weighted by atomic mass is 32.2. The van der Waals surface area contributed by atoms with Crippen LogP contribution in [0.15, 0.2) is 39.6 Å². The Bertz CT molecular complexity index is 776. The normalized spacial score (nSPS) is 11.5. The molecule has 0 fully saturated rings. The van der Waals surface area contributed by atoms with Crippen molar-refractivity contribution >= 4 is 16.0 Å². The number of aryl methyl sites for hydroxylation is 2. The van der Waals surface area contributed by atoms with E-state index < -0.39 is 21.8 Å². The Morgan fingerprint density at radius 1 is 1.29 bits per heavy atom. The van der Waals surface area contributed by atoms with Gasteiger partial charge in [0, 0.05) is 12.6 Å². The molecule has 0 saturated heterocycles. The number of aromatic carboxylic acids is 1. The zero-order chi connectivity index (χ0) is 15.6. The number of benzene rings is 1. The van der Waals surface area contributed by atoms with Gasteiger partial charge in [-0.1, -0.05) is 24.3 Å². The summed E-state index contributed by atoms with van der Waals surface area (Å²) >= 11 is 0. The highest BCUT2D eigenvalue weighted by Gasteiger charge is 2.23. The second kappa shape index (κ2) is 5.71. The highest BCUT2D eigenvalue weighted by Crippen LogP contribution is 2.20. The summed E-state index contributed by atoms with van der Waals surface area (Å²) in [6, 6.07) is 8.41. The van der Waals surface area contributed by atoms with Gasteiger partial charge in [-0.3, -0.25) is 0 Å². The molecule has 0 aliphatic carbocycles. The first kappa shape index (κ1) is 15.3. The molecule has 0 unspecified atom stereocenters. The van der Waals surface area contributed by atoms with Crippen molar-refractivity contribution in [2.45, 2.75) is 25.3 Å². The van der Waals surface area contributed by atoms with Crippen molar-refractivity contribution in [3.05, 3.63) is 53.0 Å². The van der Waals surface area contributed by atoms with Crippen LogP contribution >= 0.6 is 0 Å². The van der Waals surface area contributed by atoms with Gasteiger partial charge in [0.1, 0.15) is 10.7 Å². The summed E-state index contributed by atoms with van der Waals surface area (Å²) in [7, 11) is -3.83. The molecule has 112 valence electrons. The summed E-state index contributed by atoms with van der Waals surface area (Å²) in [6.07, 6.45) is 0. The molecule has 1 aromatic carbocycles. The van der Waals surface area contributed by atoms with Gasteiger partial charge in [-0.05, 0) is 25.0 Å². The van der Waals surface area contributed by atoms with E-state index in [9.17, 15) is 13.2 Å². The third-order valence-electron chi connectivity index (χ3n) is 3.09.